The number of nitrogens with zero attached hydrogens (tertiary/aromatic N) is 3. The summed E-state index contributed by atoms with van der Waals surface area (Å²) in [4.78, 5) is 11.2. The molecule has 1 heterocycles. The molecule has 2 aromatic rings. The highest BCUT2D eigenvalue weighted by molar-refractivity contribution is 5.58. The molecule has 0 aliphatic heterocycles. The number of aromatic nitrogens is 2. The highest BCUT2D eigenvalue weighted by atomic mass is 16.5. The number of benzene rings is 1. The van der Waals surface area contributed by atoms with E-state index in [0.29, 0.717) is 0 Å². The van der Waals surface area contributed by atoms with Crippen LogP contribution in [0.4, 0.5) is 11.6 Å². The van der Waals surface area contributed by atoms with Gasteiger partial charge in [0.2, 0.25) is 5.95 Å². The zero-order valence-corrected chi connectivity index (χ0v) is 13.4. The first-order chi connectivity index (χ1) is 9.99. The van der Waals surface area contributed by atoms with Crippen LogP contribution < -0.4 is 9.64 Å². The Morgan fingerprint density at radius 1 is 1.05 bits per heavy atom. The molecule has 0 radical (unpaired) electrons. The minimum atomic E-state index is 0.181. The van der Waals surface area contributed by atoms with E-state index in [2.05, 4.69) is 21.8 Å². The van der Waals surface area contributed by atoms with Crippen molar-refractivity contribution in [1.82, 2.24) is 9.97 Å². The normalized spacial score (nSPS) is 10.8. The molecule has 0 spiro atoms. The Morgan fingerprint density at radius 2 is 1.62 bits per heavy atom. The standard InChI is InChI=1S/C17H23N3O/c1-6-20(17-18-13(4)11-14(5)19-17)15-7-9-16(10-8-15)21-12(2)3/h7-12H,6H2,1-5H3. The quantitative estimate of drug-likeness (QED) is 0.831. The molecule has 0 saturated carbocycles. The van der Waals surface area contributed by atoms with Gasteiger partial charge in [-0.1, -0.05) is 0 Å². The van der Waals surface area contributed by atoms with Gasteiger partial charge in [-0.25, -0.2) is 9.97 Å². The summed E-state index contributed by atoms with van der Waals surface area (Å²) < 4.78 is 5.68. The van der Waals surface area contributed by atoms with Gasteiger partial charge < -0.3 is 9.64 Å². The number of aryl methyl sites for hydroxylation is 2. The average Bonchev–Trinajstić information content (AvgIpc) is 2.40. The van der Waals surface area contributed by atoms with Crippen LogP contribution in [0.2, 0.25) is 0 Å². The Kier molecular flexibility index (Phi) is 4.78. The first-order valence-electron chi connectivity index (χ1n) is 7.36. The minimum absolute atomic E-state index is 0.181. The van der Waals surface area contributed by atoms with Crippen LogP contribution in [-0.2, 0) is 0 Å². The van der Waals surface area contributed by atoms with Crippen molar-refractivity contribution < 1.29 is 4.74 Å². The fraction of sp³-hybridized carbons (Fsp3) is 0.412. The zero-order valence-electron chi connectivity index (χ0n) is 13.4. The molecule has 4 heteroatoms. The van der Waals surface area contributed by atoms with Crippen LogP contribution >= 0.6 is 0 Å². The lowest BCUT2D eigenvalue weighted by Crippen LogP contribution is -2.19. The summed E-state index contributed by atoms with van der Waals surface area (Å²) in [6, 6.07) is 10.0. The van der Waals surface area contributed by atoms with Crippen molar-refractivity contribution in [3.05, 3.63) is 41.7 Å². The van der Waals surface area contributed by atoms with E-state index in [1.54, 1.807) is 0 Å². The molecule has 0 atom stereocenters. The predicted molar refractivity (Wildman–Crippen MR) is 86.4 cm³/mol. The predicted octanol–water partition coefficient (Wildman–Crippen LogP) is 4.04. The van der Waals surface area contributed by atoms with E-state index in [4.69, 9.17) is 4.74 Å². The maximum absolute atomic E-state index is 5.68. The first kappa shape index (κ1) is 15.3. The van der Waals surface area contributed by atoms with Crippen molar-refractivity contribution in [2.45, 2.75) is 40.7 Å². The SMILES string of the molecule is CCN(c1ccc(OC(C)C)cc1)c1nc(C)cc(C)n1. The maximum Gasteiger partial charge on any atom is 0.230 e. The van der Waals surface area contributed by atoms with Crippen LogP contribution in [0.15, 0.2) is 30.3 Å². The molecular weight excluding hydrogens is 262 g/mol. The van der Waals surface area contributed by atoms with Gasteiger partial charge in [0.15, 0.2) is 0 Å². The second-order valence-electron chi connectivity index (χ2n) is 5.36. The van der Waals surface area contributed by atoms with Gasteiger partial charge >= 0.3 is 0 Å². The largest absolute Gasteiger partial charge is 0.491 e. The number of ether oxygens (including phenoxy) is 1. The van der Waals surface area contributed by atoms with Crippen molar-refractivity contribution in [3.8, 4) is 5.75 Å². The summed E-state index contributed by atoms with van der Waals surface area (Å²) in [5, 5.41) is 0. The van der Waals surface area contributed by atoms with Crippen LogP contribution in [0.5, 0.6) is 5.75 Å². The molecule has 0 N–H and O–H groups in total. The minimum Gasteiger partial charge on any atom is -0.491 e. The van der Waals surface area contributed by atoms with Gasteiger partial charge in [0.25, 0.3) is 0 Å². The Labute approximate surface area is 126 Å². The van der Waals surface area contributed by atoms with E-state index >= 15 is 0 Å². The third kappa shape index (κ3) is 3.94. The monoisotopic (exact) mass is 285 g/mol. The topological polar surface area (TPSA) is 38.2 Å². The van der Waals surface area contributed by atoms with Crippen molar-refractivity contribution in [3.63, 3.8) is 0 Å². The molecule has 1 aromatic heterocycles. The van der Waals surface area contributed by atoms with Crippen molar-refractivity contribution >= 4 is 11.6 Å². The zero-order chi connectivity index (χ0) is 15.4. The third-order valence-corrected chi connectivity index (χ3v) is 3.05. The van der Waals surface area contributed by atoms with Gasteiger partial charge in [0.05, 0.1) is 6.10 Å². The molecule has 1 aromatic carbocycles. The molecule has 0 fully saturated rings. The van der Waals surface area contributed by atoms with Gasteiger partial charge in [0.1, 0.15) is 5.75 Å². The first-order valence-corrected chi connectivity index (χ1v) is 7.36. The number of hydrogen-bond acceptors (Lipinski definition) is 4. The van der Waals surface area contributed by atoms with Crippen molar-refractivity contribution in [1.29, 1.82) is 0 Å². The molecule has 112 valence electrons. The maximum atomic E-state index is 5.68. The van der Waals surface area contributed by atoms with E-state index < -0.39 is 0 Å². The summed E-state index contributed by atoms with van der Waals surface area (Å²) in [5.41, 5.74) is 3.03. The molecule has 0 aliphatic carbocycles. The highest BCUT2D eigenvalue weighted by Crippen LogP contribution is 2.25. The Bertz CT molecular complexity index is 573. The second kappa shape index (κ2) is 6.57. The summed E-state index contributed by atoms with van der Waals surface area (Å²) in [6.07, 6.45) is 0.181. The average molecular weight is 285 g/mol. The Balaban J connectivity index is 2.28. The van der Waals surface area contributed by atoms with E-state index in [1.165, 1.54) is 0 Å². The fourth-order valence-electron chi connectivity index (χ4n) is 2.24. The van der Waals surface area contributed by atoms with E-state index in [0.717, 1.165) is 35.3 Å². The lowest BCUT2D eigenvalue weighted by atomic mass is 10.2. The van der Waals surface area contributed by atoms with Crippen LogP contribution in [0.3, 0.4) is 0 Å². The van der Waals surface area contributed by atoms with E-state index in [1.807, 2.05) is 58.0 Å². The number of hydrogen-bond donors (Lipinski definition) is 0. The molecule has 0 amide bonds. The lowest BCUT2D eigenvalue weighted by molar-refractivity contribution is 0.242. The molecule has 0 bridgehead atoms. The third-order valence-electron chi connectivity index (χ3n) is 3.05. The van der Waals surface area contributed by atoms with E-state index in [-0.39, 0.29) is 6.10 Å². The second-order valence-corrected chi connectivity index (χ2v) is 5.36. The van der Waals surface area contributed by atoms with Crippen LogP contribution in [0, 0.1) is 13.8 Å². The fourth-order valence-corrected chi connectivity index (χ4v) is 2.24. The highest BCUT2D eigenvalue weighted by Gasteiger charge is 2.11. The molecule has 21 heavy (non-hydrogen) atoms. The van der Waals surface area contributed by atoms with E-state index in [9.17, 15) is 0 Å². The van der Waals surface area contributed by atoms with Crippen LogP contribution in [-0.4, -0.2) is 22.6 Å². The molecule has 0 aliphatic rings. The molecule has 2 rings (SSSR count). The van der Waals surface area contributed by atoms with Crippen LogP contribution in [0.1, 0.15) is 32.2 Å². The summed E-state index contributed by atoms with van der Waals surface area (Å²) >= 11 is 0. The number of anilines is 2. The summed E-state index contributed by atoms with van der Waals surface area (Å²) in [7, 11) is 0. The molecule has 4 nitrogen and oxygen atoms in total. The summed E-state index contributed by atoms with van der Waals surface area (Å²) in [5.74, 6) is 1.62. The molecule has 0 unspecified atom stereocenters. The summed E-state index contributed by atoms with van der Waals surface area (Å²) in [6.45, 7) is 10.9. The van der Waals surface area contributed by atoms with Gasteiger partial charge in [-0.3, -0.25) is 0 Å². The molecular formula is C17H23N3O. The van der Waals surface area contributed by atoms with Crippen LogP contribution in [0.25, 0.3) is 0 Å². The van der Waals surface area contributed by atoms with Gasteiger partial charge in [0, 0.05) is 23.6 Å². The molecule has 0 saturated heterocycles. The number of rotatable bonds is 5. The Hall–Kier alpha value is -2.10. The Morgan fingerprint density at radius 3 is 2.10 bits per heavy atom. The van der Waals surface area contributed by atoms with Gasteiger partial charge in [-0.2, -0.15) is 0 Å². The smallest absolute Gasteiger partial charge is 0.230 e. The van der Waals surface area contributed by atoms with Gasteiger partial charge in [-0.15, -0.1) is 0 Å². The lowest BCUT2D eigenvalue weighted by Gasteiger charge is -2.22. The van der Waals surface area contributed by atoms with Crippen molar-refractivity contribution in [2.75, 3.05) is 11.4 Å². The van der Waals surface area contributed by atoms with Crippen molar-refractivity contribution in [2.24, 2.45) is 0 Å². The van der Waals surface area contributed by atoms with Gasteiger partial charge in [-0.05, 0) is 65.0 Å².